The molecule has 0 radical (unpaired) electrons. The maximum atomic E-state index is 10.3. The fourth-order valence-electron chi connectivity index (χ4n) is 2.71. The Morgan fingerprint density at radius 2 is 1.38 bits per heavy atom. The molecule has 0 saturated heterocycles. The van der Waals surface area contributed by atoms with Crippen LogP contribution in [0.2, 0.25) is 0 Å². The molecule has 0 aliphatic heterocycles. The standard InChI is InChI=1S/C20H32O3.Na/c1-2-3-4-5-6-7-8-9-10-11-12-18-13-15-19(16-14-18)23-17-20(21)22;/h13-16H,2-12,17H2,1H3,(H,21,22);/q;+1/p-1. The Bertz CT molecular complexity index is 417. The smallest absolute Gasteiger partial charge is 0.546 e. The van der Waals surface area contributed by atoms with Gasteiger partial charge in [-0.2, -0.15) is 0 Å². The first-order valence-electron chi connectivity index (χ1n) is 9.14. The van der Waals surface area contributed by atoms with Crippen molar-refractivity contribution in [2.75, 3.05) is 6.61 Å². The van der Waals surface area contributed by atoms with Gasteiger partial charge in [-0.25, -0.2) is 0 Å². The predicted octanol–water partition coefficient (Wildman–Crippen LogP) is 1.28. The molecule has 0 amide bonds. The molecular formula is C20H31NaO3. The van der Waals surface area contributed by atoms with Crippen LogP contribution in [0.3, 0.4) is 0 Å². The Morgan fingerprint density at radius 1 is 0.875 bits per heavy atom. The molecule has 0 atom stereocenters. The molecule has 0 saturated carbocycles. The van der Waals surface area contributed by atoms with Crippen LogP contribution < -0.4 is 39.4 Å². The molecule has 0 aliphatic rings. The molecule has 0 unspecified atom stereocenters. The first-order chi connectivity index (χ1) is 11.2. The fraction of sp³-hybridized carbons (Fsp3) is 0.650. The average molecular weight is 342 g/mol. The Morgan fingerprint density at radius 3 is 1.88 bits per heavy atom. The minimum atomic E-state index is -1.19. The molecular weight excluding hydrogens is 311 g/mol. The van der Waals surface area contributed by atoms with Crippen LogP contribution in [0.4, 0.5) is 0 Å². The van der Waals surface area contributed by atoms with Gasteiger partial charge >= 0.3 is 29.6 Å². The SMILES string of the molecule is CCCCCCCCCCCCc1ccc(OCC(=O)[O-])cc1.[Na+]. The van der Waals surface area contributed by atoms with Gasteiger partial charge in [-0.05, 0) is 30.5 Å². The van der Waals surface area contributed by atoms with Crippen molar-refractivity contribution < 1.29 is 44.2 Å². The monoisotopic (exact) mass is 342 g/mol. The van der Waals surface area contributed by atoms with Crippen LogP contribution in [0.5, 0.6) is 5.75 Å². The number of unbranched alkanes of at least 4 members (excludes halogenated alkanes) is 9. The number of benzene rings is 1. The summed E-state index contributed by atoms with van der Waals surface area (Å²) >= 11 is 0. The Hall–Kier alpha value is -0.510. The summed E-state index contributed by atoms with van der Waals surface area (Å²) in [6, 6.07) is 7.68. The number of hydrogen-bond donors (Lipinski definition) is 0. The number of aryl methyl sites for hydroxylation is 1. The van der Waals surface area contributed by atoms with Gasteiger partial charge in [-0.1, -0.05) is 76.8 Å². The van der Waals surface area contributed by atoms with Crippen molar-refractivity contribution in [2.45, 2.75) is 77.6 Å². The summed E-state index contributed by atoms with van der Waals surface area (Å²) in [6.07, 6.45) is 14.6. The Labute approximate surface area is 169 Å². The van der Waals surface area contributed by atoms with Gasteiger partial charge in [0.2, 0.25) is 0 Å². The van der Waals surface area contributed by atoms with Gasteiger partial charge < -0.3 is 14.6 Å². The molecule has 0 heterocycles. The zero-order chi connectivity index (χ0) is 16.8. The number of aliphatic carboxylic acids is 1. The van der Waals surface area contributed by atoms with Crippen LogP contribution in [0.15, 0.2) is 24.3 Å². The normalized spacial score (nSPS) is 10.2. The molecule has 0 bridgehead atoms. The molecule has 0 N–H and O–H groups in total. The molecule has 130 valence electrons. The quantitative estimate of drug-likeness (QED) is 0.378. The van der Waals surface area contributed by atoms with Gasteiger partial charge in [-0.3, -0.25) is 0 Å². The Balaban J connectivity index is 0.00000529. The molecule has 1 aromatic rings. The first kappa shape index (κ1) is 23.5. The van der Waals surface area contributed by atoms with Crippen LogP contribution >= 0.6 is 0 Å². The number of carbonyl (C=O) groups excluding carboxylic acids is 1. The van der Waals surface area contributed by atoms with Gasteiger partial charge in [0.05, 0.1) is 5.97 Å². The fourth-order valence-corrected chi connectivity index (χ4v) is 2.71. The van der Waals surface area contributed by atoms with Crippen molar-refractivity contribution in [3.63, 3.8) is 0 Å². The summed E-state index contributed by atoms with van der Waals surface area (Å²) in [4.78, 5) is 10.3. The zero-order valence-electron chi connectivity index (χ0n) is 15.5. The van der Waals surface area contributed by atoms with Gasteiger partial charge in [0.1, 0.15) is 12.4 Å². The summed E-state index contributed by atoms with van der Waals surface area (Å²) in [6.45, 7) is 1.87. The zero-order valence-corrected chi connectivity index (χ0v) is 17.5. The van der Waals surface area contributed by atoms with Crippen LogP contribution in [0, 0.1) is 0 Å². The topological polar surface area (TPSA) is 49.4 Å². The largest absolute Gasteiger partial charge is 1.00 e. The molecule has 0 spiro atoms. The van der Waals surface area contributed by atoms with E-state index in [0.29, 0.717) is 5.75 Å². The minimum absolute atomic E-state index is 0. The molecule has 0 aliphatic carbocycles. The Kier molecular flexibility index (Phi) is 15.6. The van der Waals surface area contributed by atoms with Crippen molar-refractivity contribution in [3.05, 3.63) is 29.8 Å². The minimum Gasteiger partial charge on any atom is -0.546 e. The summed E-state index contributed by atoms with van der Waals surface area (Å²) in [5, 5.41) is 10.3. The second kappa shape index (κ2) is 16.0. The van der Waals surface area contributed by atoms with Crippen molar-refractivity contribution in [2.24, 2.45) is 0 Å². The van der Waals surface area contributed by atoms with Gasteiger partial charge in [0.15, 0.2) is 0 Å². The van der Waals surface area contributed by atoms with E-state index in [-0.39, 0.29) is 29.6 Å². The van der Waals surface area contributed by atoms with Crippen LogP contribution in [-0.4, -0.2) is 12.6 Å². The van der Waals surface area contributed by atoms with E-state index in [4.69, 9.17) is 4.74 Å². The summed E-state index contributed by atoms with van der Waals surface area (Å²) in [5.74, 6) is -0.611. The third kappa shape index (κ3) is 12.9. The van der Waals surface area contributed by atoms with Crippen LogP contribution in [0.25, 0.3) is 0 Å². The van der Waals surface area contributed by atoms with E-state index in [1.807, 2.05) is 24.3 Å². The van der Waals surface area contributed by atoms with Crippen molar-refractivity contribution >= 4 is 5.97 Å². The molecule has 1 aromatic carbocycles. The van der Waals surface area contributed by atoms with Crippen LogP contribution in [-0.2, 0) is 11.2 Å². The van der Waals surface area contributed by atoms with Crippen molar-refractivity contribution in [1.82, 2.24) is 0 Å². The molecule has 0 aromatic heterocycles. The number of carbonyl (C=O) groups is 1. The number of hydrogen-bond acceptors (Lipinski definition) is 3. The second-order valence-electron chi connectivity index (χ2n) is 6.24. The van der Waals surface area contributed by atoms with E-state index in [1.165, 1.54) is 69.8 Å². The van der Waals surface area contributed by atoms with E-state index in [0.717, 1.165) is 6.42 Å². The second-order valence-corrected chi connectivity index (χ2v) is 6.24. The van der Waals surface area contributed by atoms with Crippen molar-refractivity contribution in [1.29, 1.82) is 0 Å². The van der Waals surface area contributed by atoms with E-state index < -0.39 is 12.6 Å². The maximum absolute atomic E-state index is 10.3. The number of ether oxygens (including phenoxy) is 1. The third-order valence-corrected chi connectivity index (χ3v) is 4.10. The summed E-state index contributed by atoms with van der Waals surface area (Å²) < 4.78 is 5.07. The molecule has 3 nitrogen and oxygen atoms in total. The van der Waals surface area contributed by atoms with E-state index >= 15 is 0 Å². The van der Waals surface area contributed by atoms with Crippen molar-refractivity contribution in [3.8, 4) is 5.75 Å². The van der Waals surface area contributed by atoms with E-state index in [9.17, 15) is 9.90 Å². The predicted molar refractivity (Wildman–Crippen MR) is 92.5 cm³/mol. The molecule has 24 heavy (non-hydrogen) atoms. The van der Waals surface area contributed by atoms with E-state index in [2.05, 4.69) is 6.92 Å². The molecule has 1 rings (SSSR count). The summed E-state index contributed by atoms with van der Waals surface area (Å²) in [7, 11) is 0. The third-order valence-electron chi connectivity index (χ3n) is 4.10. The van der Waals surface area contributed by atoms with Gasteiger partial charge in [0.25, 0.3) is 0 Å². The van der Waals surface area contributed by atoms with Crippen LogP contribution in [0.1, 0.15) is 76.7 Å². The number of rotatable bonds is 14. The number of carboxylic acids is 1. The molecule has 0 fully saturated rings. The maximum Gasteiger partial charge on any atom is 1.00 e. The average Bonchev–Trinajstić information content (AvgIpc) is 2.55. The molecule has 4 heteroatoms. The van der Waals surface area contributed by atoms with E-state index in [1.54, 1.807) is 0 Å². The first-order valence-corrected chi connectivity index (χ1v) is 9.14. The van der Waals surface area contributed by atoms with Gasteiger partial charge in [-0.15, -0.1) is 0 Å². The number of carboxylic acid groups (broad SMARTS) is 1. The summed E-state index contributed by atoms with van der Waals surface area (Å²) in [5.41, 5.74) is 1.28. The van der Waals surface area contributed by atoms with Gasteiger partial charge in [0, 0.05) is 0 Å².